The van der Waals surface area contributed by atoms with Gasteiger partial charge in [-0.05, 0) is 79.9 Å². The molecule has 9 nitrogen and oxygen atoms in total. The van der Waals surface area contributed by atoms with Crippen molar-refractivity contribution in [3.05, 3.63) is 71.5 Å². The van der Waals surface area contributed by atoms with Crippen LogP contribution in [-0.2, 0) is 9.53 Å². The number of anilines is 1. The summed E-state index contributed by atoms with van der Waals surface area (Å²) in [6, 6.07) is 15.6. The summed E-state index contributed by atoms with van der Waals surface area (Å²) in [6.07, 6.45) is 8.29. The molecule has 0 saturated heterocycles. The summed E-state index contributed by atoms with van der Waals surface area (Å²) in [5.74, 6) is 1.25. The number of aromatic nitrogens is 2. The van der Waals surface area contributed by atoms with E-state index in [1.54, 1.807) is 13.1 Å². The number of esters is 1. The van der Waals surface area contributed by atoms with Crippen molar-refractivity contribution in [1.29, 1.82) is 0 Å². The van der Waals surface area contributed by atoms with Crippen LogP contribution in [0.5, 0.6) is 11.5 Å². The molecule has 0 aliphatic heterocycles. The zero-order valence-electron chi connectivity index (χ0n) is 27.5. The quantitative estimate of drug-likeness (QED) is 0.0719. The third-order valence-electron chi connectivity index (χ3n) is 8.81. The first-order valence-electron chi connectivity index (χ1n) is 15.8. The maximum Gasteiger partial charge on any atom is 0.344 e. The van der Waals surface area contributed by atoms with Crippen molar-refractivity contribution >= 4 is 48.6 Å². The number of nitrogens with two attached hydrogens (primary N) is 1. The Bertz CT molecular complexity index is 1720. The van der Waals surface area contributed by atoms with Gasteiger partial charge in [0.25, 0.3) is 0 Å². The van der Waals surface area contributed by atoms with Gasteiger partial charge in [-0.25, -0.2) is 14.3 Å². The maximum atomic E-state index is 11.7. The molecule has 0 atom stereocenters. The van der Waals surface area contributed by atoms with E-state index in [0.29, 0.717) is 40.5 Å². The van der Waals surface area contributed by atoms with E-state index < -0.39 is 14.3 Å². The summed E-state index contributed by atoms with van der Waals surface area (Å²) in [5, 5.41) is 9.00. The highest BCUT2D eigenvalue weighted by atomic mass is 35.5. The van der Waals surface area contributed by atoms with E-state index in [4.69, 9.17) is 41.3 Å². The van der Waals surface area contributed by atoms with Crippen molar-refractivity contribution < 1.29 is 18.7 Å². The predicted octanol–water partition coefficient (Wildman–Crippen LogP) is 8.37. The van der Waals surface area contributed by atoms with Crippen LogP contribution in [0.4, 0.5) is 11.4 Å². The second-order valence-corrected chi connectivity index (χ2v) is 18.3. The van der Waals surface area contributed by atoms with Crippen molar-refractivity contribution in [2.45, 2.75) is 77.6 Å². The third kappa shape index (κ3) is 7.67. The van der Waals surface area contributed by atoms with Crippen molar-refractivity contribution in [2.24, 2.45) is 10.7 Å². The number of halogens is 1. The minimum Gasteiger partial charge on any atom is -0.543 e. The summed E-state index contributed by atoms with van der Waals surface area (Å²) in [5.41, 5.74) is 11.7. The minimum atomic E-state index is -2.02. The summed E-state index contributed by atoms with van der Waals surface area (Å²) in [4.78, 5) is 16.4. The normalized spacial score (nSPS) is 14.5. The van der Waals surface area contributed by atoms with Gasteiger partial charge in [-0.15, -0.1) is 0 Å². The molecule has 1 aliphatic carbocycles. The number of ether oxygens (including phenoxy) is 2. The van der Waals surface area contributed by atoms with Gasteiger partial charge in [0.2, 0.25) is 8.32 Å². The molecule has 11 heteroatoms. The number of hydrogen-bond acceptors (Lipinski definition) is 7. The number of nitrogens with zero attached hydrogens (tertiary/aromatic N) is 3. The number of aliphatic imine (C=N–C) groups is 1. The highest BCUT2D eigenvalue weighted by Gasteiger charge is 2.39. The second-order valence-electron chi connectivity index (χ2n) is 13.2. The van der Waals surface area contributed by atoms with E-state index >= 15 is 0 Å². The maximum absolute atomic E-state index is 11.7. The lowest BCUT2D eigenvalue weighted by atomic mass is 10.1. The molecule has 46 heavy (non-hydrogen) atoms. The fourth-order valence-electron chi connectivity index (χ4n) is 5.20. The van der Waals surface area contributed by atoms with Gasteiger partial charge in [0.1, 0.15) is 17.3 Å². The van der Waals surface area contributed by atoms with Crippen LogP contribution in [-0.4, -0.2) is 49.0 Å². The first kappa shape index (κ1) is 33.3. The topological polar surface area (TPSA) is 112 Å². The fraction of sp³-hybridized carbons (Fsp3) is 0.400. The lowest BCUT2D eigenvalue weighted by molar-refractivity contribution is -0.145. The molecule has 2 aromatic heterocycles. The van der Waals surface area contributed by atoms with Crippen LogP contribution in [0, 0.1) is 0 Å². The monoisotopic (exact) mass is 661 g/mol. The molecule has 2 aromatic carbocycles. The molecule has 0 spiro atoms. The average Bonchev–Trinajstić information content (AvgIpc) is 3.68. The van der Waals surface area contributed by atoms with Crippen LogP contribution >= 0.6 is 11.6 Å². The van der Waals surface area contributed by atoms with Gasteiger partial charge in [-0.2, -0.15) is 5.10 Å². The van der Waals surface area contributed by atoms with Gasteiger partial charge in [0.15, 0.2) is 6.61 Å². The molecule has 0 bridgehead atoms. The summed E-state index contributed by atoms with van der Waals surface area (Å²) < 4.78 is 18.8. The van der Waals surface area contributed by atoms with Gasteiger partial charge in [-0.1, -0.05) is 57.3 Å². The highest BCUT2D eigenvalue weighted by Crippen LogP contribution is 2.39. The second kappa shape index (κ2) is 13.8. The Hall–Kier alpha value is -4.02. The van der Waals surface area contributed by atoms with E-state index in [2.05, 4.69) is 45.2 Å². The van der Waals surface area contributed by atoms with Crippen molar-refractivity contribution in [1.82, 2.24) is 9.61 Å². The molecule has 0 unspecified atom stereocenters. The summed E-state index contributed by atoms with van der Waals surface area (Å²) >= 11 is 6.71. The summed E-state index contributed by atoms with van der Waals surface area (Å²) in [7, 11) is -2.02. The van der Waals surface area contributed by atoms with Crippen LogP contribution in [0.2, 0.25) is 23.2 Å². The lowest BCUT2D eigenvalue weighted by Crippen LogP contribution is -2.43. The van der Waals surface area contributed by atoms with E-state index in [0.717, 1.165) is 40.9 Å². The summed E-state index contributed by atoms with van der Waals surface area (Å²) in [6.45, 7) is 13.0. The molecule has 0 amide bonds. The Morgan fingerprint density at radius 1 is 1.09 bits per heavy atom. The van der Waals surface area contributed by atoms with Gasteiger partial charge < -0.3 is 25.0 Å². The Morgan fingerprint density at radius 2 is 1.78 bits per heavy atom. The average molecular weight is 662 g/mol. The Balaban J connectivity index is 1.44. The molecule has 1 fully saturated rings. The van der Waals surface area contributed by atoms with E-state index in [1.165, 1.54) is 12.8 Å². The van der Waals surface area contributed by atoms with E-state index in [1.807, 2.05) is 53.2 Å². The first-order chi connectivity index (χ1) is 21.8. The SMILES string of the molecule is CCOC(=O)COc1ccc(-c2cc3c(NC4CCCC4)c(/C(N)=N/c4ccc(O[Si](C)(C)C(C)(C)C)cc4Cl)cnn3c2)cc1. The van der Waals surface area contributed by atoms with Gasteiger partial charge in [0.05, 0.1) is 40.3 Å². The first-order valence-corrected chi connectivity index (χ1v) is 19.1. The molecule has 0 radical (unpaired) electrons. The molecule has 4 aromatic rings. The van der Waals surface area contributed by atoms with Crippen molar-refractivity contribution in [3.63, 3.8) is 0 Å². The van der Waals surface area contributed by atoms with Crippen molar-refractivity contribution in [2.75, 3.05) is 18.5 Å². The fourth-order valence-corrected chi connectivity index (χ4v) is 6.44. The molecular weight excluding hydrogens is 618 g/mol. The van der Waals surface area contributed by atoms with Gasteiger partial charge in [-0.3, -0.25) is 0 Å². The molecule has 2 heterocycles. The zero-order chi connectivity index (χ0) is 33.1. The smallest absolute Gasteiger partial charge is 0.344 e. The number of nitrogens with one attached hydrogen (secondary N) is 1. The Kier molecular flexibility index (Phi) is 9.98. The van der Waals surface area contributed by atoms with E-state index in [9.17, 15) is 4.79 Å². The minimum absolute atomic E-state index is 0.0665. The Morgan fingerprint density at radius 3 is 2.43 bits per heavy atom. The van der Waals surface area contributed by atoms with Crippen LogP contribution in [0.15, 0.2) is 65.9 Å². The molecular formula is C35H44ClN5O4Si. The molecule has 1 aliphatic rings. The molecule has 5 rings (SSSR count). The third-order valence-corrected chi connectivity index (χ3v) is 13.5. The molecule has 1 saturated carbocycles. The van der Waals surface area contributed by atoms with Crippen LogP contribution in [0.1, 0.15) is 58.9 Å². The number of amidine groups is 1. The van der Waals surface area contributed by atoms with Gasteiger partial charge >= 0.3 is 5.97 Å². The number of fused-ring (bicyclic) bond motifs is 1. The van der Waals surface area contributed by atoms with Crippen LogP contribution in [0.25, 0.3) is 16.6 Å². The van der Waals surface area contributed by atoms with Crippen LogP contribution in [0.3, 0.4) is 0 Å². The van der Waals surface area contributed by atoms with Crippen LogP contribution < -0.4 is 20.2 Å². The predicted molar refractivity (Wildman–Crippen MR) is 188 cm³/mol. The number of benzene rings is 2. The number of carbonyl (C=O) groups excluding carboxylic acids is 1. The number of rotatable bonds is 11. The van der Waals surface area contributed by atoms with Gasteiger partial charge in [0, 0.05) is 17.8 Å². The molecule has 3 N–H and O–H groups in total. The zero-order valence-corrected chi connectivity index (χ0v) is 29.3. The number of hydrogen-bond donors (Lipinski definition) is 2. The highest BCUT2D eigenvalue weighted by molar-refractivity contribution is 6.74. The Labute approximate surface area is 277 Å². The molecule has 244 valence electrons. The number of carbonyl (C=O) groups is 1. The largest absolute Gasteiger partial charge is 0.543 e. The van der Waals surface area contributed by atoms with E-state index in [-0.39, 0.29) is 11.6 Å². The standard InChI is InChI=1S/C35H44ClN5O4Si/c1-7-43-32(42)22-44-26-14-12-23(13-15-26)24-18-31-33(39-25-10-8-9-11-25)28(20-38-41(31)21-24)34(37)40-30-17-16-27(19-29(30)36)45-46(5,6)35(2,3)4/h12-21,25,39H,7-11,22H2,1-6H3,(H2,37,40). The van der Waals surface area contributed by atoms with Crippen molar-refractivity contribution in [3.8, 4) is 22.6 Å². The lowest BCUT2D eigenvalue weighted by Gasteiger charge is -2.36.